The lowest BCUT2D eigenvalue weighted by molar-refractivity contribution is -0.142. The van der Waals surface area contributed by atoms with Crippen molar-refractivity contribution in [3.05, 3.63) is 30.3 Å². The minimum Gasteiger partial charge on any atom is -0.481 e. The Kier molecular flexibility index (Phi) is 3.83. The lowest BCUT2D eigenvalue weighted by atomic mass is 10.2. The second-order valence-corrected chi connectivity index (χ2v) is 6.33. The van der Waals surface area contributed by atoms with Crippen LogP contribution in [-0.2, 0) is 9.59 Å². The Morgan fingerprint density at radius 3 is 2.40 bits per heavy atom. The van der Waals surface area contributed by atoms with Crippen LogP contribution < -0.4 is 4.90 Å². The van der Waals surface area contributed by atoms with Crippen LogP contribution in [-0.4, -0.2) is 68.3 Å². The minimum atomic E-state index is -0.876. The molecule has 2 aromatic rings. The molecule has 1 aliphatic carbocycles. The highest BCUT2D eigenvalue weighted by Gasteiger charge is 2.50. The van der Waals surface area contributed by atoms with Crippen LogP contribution in [0.2, 0.25) is 0 Å². The summed E-state index contributed by atoms with van der Waals surface area (Å²) in [7, 11) is 0. The SMILES string of the molecule is O=C(O)C1CC1C(=O)N1CCN(c2nnnn2-c2ccccc2)CC1. The van der Waals surface area contributed by atoms with Crippen molar-refractivity contribution >= 4 is 17.8 Å². The summed E-state index contributed by atoms with van der Waals surface area (Å²) in [5.41, 5.74) is 0.878. The van der Waals surface area contributed by atoms with Gasteiger partial charge in [-0.1, -0.05) is 23.3 Å². The second-order valence-electron chi connectivity index (χ2n) is 6.33. The van der Waals surface area contributed by atoms with E-state index >= 15 is 0 Å². The molecule has 25 heavy (non-hydrogen) atoms. The number of carboxylic acid groups (broad SMARTS) is 1. The number of carboxylic acids is 1. The molecule has 1 N–H and O–H groups in total. The standard InChI is InChI=1S/C16H18N6O3/c23-14(12-10-13(12)15(24)25)20-6-8-21(9-7-20)16-17-18-19-22(16)11-4-2-1-3-5-11/h1-5,12-13H,6-10H2,(H,24,25). The van der Waals surface area contributed by atoms with Crippen LogP contribution in [0.25, 0.3) is 5.69 Å². The van der Waals surface area contributed by atoms with E-state index in [-0.39, 0.29) is 11.8 Å². The van der Waals surface area contributed by atoms with E-state index in [1.54, 1.807) is 9.58 Å². The molecule has 9 nitrogen and oxygen atoms in total. The molecule has 9 heteroatoms. The lowest BCUT2D eigenvalue weighted by Gasteiger charge is -2.35. The van der Waals surface area contributed by atoms with Crippen molar-refractivity contribution in [2.75, 3.05) is 31.1 Å². The van der Waals surface area contributed by atoms with E-state index < -0.39 is 11.9 Å². The molecule has 1 saturated heterocycles. The quantitative estimate of drug-likeness (QED) is 0.836. The van der Waals surface area contributed by atoms with Gasteiger partial charge in [0.2, 0.25) is 11.9 Å². The summed E-state index contributed by atoms with van der Waals surface area (Å²) in [5, 5.41) is 20.9. The molecule has 1 aliphatic heterocycles. The van der Waals surface area contributed by atoms with Gasteiger partial charge in [0.15, 0.2) is 0 Å². The van der Waals surface area contributed by atoms with Gasteiger partial charge in [-0.25, -0.2) is 0 Å². The first-order valence-corrected chi connectivity index (χ1v) is 8.25. The molecule has 130 valence electrons. The molecule has 2 aliphatic rings. The molecular weight excluding hydrogens is 324 g/mol. The van der Waals surface area contributed by atoms with Crippen molar-refractivity contribution in [2.24, 2.45) is 11.8 Å². The van der Waals surface area contributed by atoms with E-state index in [2.05, 4.69) is 15.5 Å². The molecule has 2 unspecified atom stereocenters. The fourth-order valence-electron chi connectivity index (χ4n) is 3.22. The number of anilines is 1. The van der Waals surface area contributed by atoms with Gasteiger partial charge < -0.3 is 14.9 Å². The van der Waals surface area contributed by atoms with Crippen molar-refractivity contribution in [3.63, 3.8) is 0 Å². The Morgan fingerprint density at radius 1 is 1.04 bits per heavy atom. The summed E-state index contributed by atoms with van der Waals surface area (Å²) in [5.74, 6) is -1.13. The third-order valence-electron chi connectivity index (χ3n) is 4.75. The average Bonchev–Trinajstić information content (AvgIpc) is 3.31. The molecule has 1 amide bonds. The number of carbonyl (C=O) groups excluding carboxylic acids is 1. The molecule has 2 fully saturated rings. The van der Waals surface area contributed by atoms with E-state index in [9.17, 15) is 9.59 Å². The van der Waals surface area contributed by atoms with E-state index in [0.29, 0.717) is 38.5 Å². The first kappa shape index (κ1) is 15.6. The van der Waals surface area contributed by atoms with Gasteiger partial charge in [0.25, 0.3) is 0 Å². The van der Waals surface area contributed by atoms with Crippen molar-refractivity contribution in [1.29, 1.82) is 0 Å². The van der Waals surface area contributed by atoms with Gasteiger partial charge in [0, 0.05) is 26.2 Å². The van der Waals surface area contributed by atoms with Crippen molar-refractivity contribution in [2.45, 2.75) is 6.42 Å². The van der Waals surface area contributed by atoms with Crippen molar-refractivity contribution in [1.82, 2.24) is 25.1 Å². The van der Waals surface area contributed by atoms with Crippen LogP contribution in [0.1, 0.15) is 6.42 Å². The Labute approximate surface area is 143 Å². The third-order valence-corrected chi connectivity index (χ3v) is 4.75. The summed E-state index contributed by atoms with van der Waals surface area (Å²) in [6.45, 7) is 2.32. The van der Waals surface area contributed by atoms with Gasteiger partial charge in [-0.2, -0.15) is 4.68 Å². The molecule has 0 spiro atoms. The summed E-state index contributed by atoms with van der Waals surface area (Å²) in [4.78, 5) is 27.1. The zero-order valence-electron chi connectivity index (χ0n) is 13.5. The molecule has 1 aromatic carbocycles. The predicted molar refractivity (Wildman–Crippen MR) is 87.2 cm³/mol. The molecule has 0 radical (unpaired) electrons. The number of hydrogen-bond acceptors (Lipinski definition) is 6. The zero-order valence-corrected chi connectivity index (χ0v) is 13.5. The number of nitrogens with zero attached hydrogens (tertiary/aromatic N) is 6. The highest BCUT2D eigenvalue weighted by Crippen LogP contribution is 2.40. The molecule has 1 aromatic heterocycles. The van der Waals surface area contributed by atoms with Gasteiger partial charge in [-0.05, 0) is 29.0 Å². The fourth-order valence-corrected chi connectivity index (χ4v) is 3.22. The molecule has 1 saturated carbocycles. The number of carbonyl (C=O) groups is 2. The zero-order chi connectivity index (χ0) is 17.4. The van der Waals surface area contributed by atoms with Crippen LogP contribution in [0.5, 0.6) is 0 Å². The van der Waals surface area contributed by atoms with E-state index in [1.165, 1.54) is 0 Å². The third kappa shape index (κ3) is 2.92. The van der Waals surface area contributed by atoms with E-state index in [0.717, 1.165) is 5.69 Å². The normalized spacial score (nSPS) is 22.7. The number of aromatic nitrogens is 4. The van der Waals surface area contributed by atoms with Gasteiger partial charge in [0.1, 0.15) is 0 Å². The molecule has 2 heterocycles. The number of aliphatic carboxylic acids is 1. The van der Waals surface area contributed by atoms with Crippen molar-refractivity contribution < 1.29 is 14.7 Å². The van der Waals surface area contributed by atoms with Crippen LogP contribution in [0.15, 0.2) is 30.3 Å². The highest BCUT2D eigenvalue weighted by atomic mass is 16.4. The van der Waals surface area contributed by atoms with E-state index in [4.69, 9.17) is 5.11 Å². The topological polar surface area (TPSA) is 104 Å². The molecule has 2 atom stereocenters. The predicted octanol–water partition coefficient (Wildman–Crippen LogP) is 0.0316. The Bertz CT molecular complexity index is 784. The number of tetrazole rings is 1. The van der Waals surface area contributed by atoms with Crippen molar-refractivity contribution in [3.8, 4) is 5.69 Å². The molecule has 0 bridgehead atoms. The largest absolute Gasteiger partial charge is 0.481 e. The van der Waals surface area contributed by atoms with Crippen LogP contribution in [0.4, 0.5) is 5.95 Å². The Morgan fingerprint density at radius 2 is 1.76 bits per heavy atom. The Hall–Kier alpha value is -2.97. The summed E-state index contributed by atoms with van der Waals surface area (Å²) >= 11 is 0. The number of hydrogen-bond donors (Lipinski definition) is 1. The van der Waals surface area contributed by atoms with Gasteiger partial charge >= 0.3 is 5.97 Å². The number of benzene rings is 1. The number of amides is 1. The monoisotopic (exact) mass is 342 g/mol. The van der Waals surface area contributed by atoms with Crippen LogP contribution in [0.3, 0.4) is 0 Å². The molecular formula is C16H18N6O3. The second kappa shape index (κ2) is 6.15. The first-order chi connectivity index (χ1) is 12.1. The summed E-state index contributed by atoms with van der Waals surface area (Å²) in [6, 6.07) is 9.63. The number of rotatable bonds is 4. The minimum absolute atomic E-state index is 0.0466. The Balaban J connectivity index is 1.41. The summed E-state index contributed by atoms with van der Waals surface area (Å²) in [6.07, 6.45) is 0.459. The van der Waals surface area contributed by atoms with E-state index in [1.807, 2.05) is 35.2 Å². The molecule has 4 rings (SSSR count). The first-order valence-electron chi connectivity index (χ1n) is 8.25. The average molecular weight is 342 g/mol. The fraction of sp³-hybridized carbons (Fsp3) is 0.438. The maximum absolute atomic E-state index is 12.4. The maximum Gasteiger partial charge on any atom is 0.307 e. The highest BCUT2D eigenvalue weighted by molar-refractivity contribution is 5.89. The van der Waals surface area contributed by atoms with Crippen LogP contribution >= 0.6 is 0 Å². The van der Waals surface area contributed by atoms with Gasteiger partial charge in [-0.15, -0.1) is 0 Å². The number of piperazine rings is 1. The number of para-hydroxylation sites is 1. The lowest BCUT2D eigenvalue weighted by Crippen LogP contribution is -2.50. The maximum atomic E-state index is 12.4. The summed E-state index contributed by atoms with van der Waals surface area (Å²) < 4.78 is 1.68. The van der Waals surface area contributed by atoms with Gasteiger partial charge in [0.05, 0.1) is 17.5 Å². The van der Waals surface area contributed by atoms with Crippen LogP contribution in [0, 0.1) is 11.8 Å². The van der Waals surface area contributed by atoms with Gasteiger partial charge in [-0.3, -0.25) is 9.59 Å². The smallest absolute Gasteiger partial charge is 0.307 e.